The number of aromatic nitrogens is 2. The van der Waals surface area contributed by atoms with Crippen molar-refractivity contribution in [3.05, 3.63) is 66.9 Å². The van der Waals surface area contributed by atoms with Crippen molar-refractivity contribution in [1.29, 1.82) is 0 Å². The van der Waals surface area contributed by atoms with Gasteiger partial charge in [0.2, 0.25) is 0 Å². The zero-order chi connectivity index (χ0) is 12.7. The number of H-pyrrole nitrogens is 1. The fourth-order valence-electron chi connectivity index (χ4n) is 2.55. The van der Waals surface area contributed by atoms with Crippen LogP contribution in [0.2, 0.25) is 0 Å². The Morgan fingerprint density at radius 1 is 0.737 bits per heavy atom. The molecule has 0 aliphatic heterocycles. The summed E-state index contributed by atoms with van der Waals surface area (Å²) in [6, 6.07) is 20.8. The van der Waals surface area contributed by atoms with Gasteiger partial charge >= 0.3 is 0 Å². The molecule has 2 aromatic carbocycles. The van der Waals surface area contributed by atoms with Gasteiger partial charge < -0.3 is 4.98 Å². The number of nitrogens with one attached hydrogen (secondary N) is 1. The minimum Gasteiger partial charge on any atom is -0.354 e. The van der Waals surface area contributed by atoms with Crippen molar-refractivity contribution in [2.24, 2.45) is 0 Å². The summed E-state index contributed by atoms with van der Waals surface area (Å²) in [4.78, 5) is 7.86. The van der Waals surface area contributed by atoms with Gasteiger partial charge in [-0.05, 0) is 24.3 Å². The number of hydrogen-bond acceptors (Lipinski definition) is 1. The molecule has 2 aromatic heterocycles. The van der Waals surface area contributed by atoms with Crippen LogP contribution >= 0.6 is 0 Å². The second-order valence-corrected chi connectivity index (χ2v) is 4.65. The van der Waals surface area contributed by atoms with E-state index in [9.17, 15) is 0 Å². The molecule has 0 radical (unpaired) electrons. The molecule has 0 fully saturated rings. The fraction of sp³-hybridized carbons (Fsp3) is 0. The van der Waals surface area contributed by atoms with Gasteiger partial charge in [-0.1, -0.05) is 36.4 Å². The van der Waals surface area contributed by atoms with Gasteiger partial charge in [0.15, 0.2) is 0 Å². The predicted molar refractivity (Wildman–Crippen MR) is 79.0 cm³/mol. The maximum Gasteiger partial charge on any atom is 0.0702 e. The summed E-state index contributed by atoms with van der Waals surface area (Å²) in [6.07, 6.45) is 1.82. The molecule has 0 saturated carbocycles. The van der Waals surface area contributed by atoms with Crippen LogP contribution in [0.5, 0.6) is 0 Å². The average molecular weight is 244 g/mol. The first-order chi connectivity index (χ1) is 9.42. The van der Waals surface area contributed by atoms with Gasteiger partial charge in [-0.25, -0.2) is 0 Å². The number of hydrogen-bond donors (Lipinski definition) is 1. The van der Waals surface area contributed by atoms with Crippen LogP contribution in [-0.4, -0.2) is 9.97 Å². The summed E-state index contributed by atoms with van der Waals surface area (Å²) < 4.78 is 0. The lowest BCUT2D eigenvalue weighted by molar-refractivity contribution is 1.33. The summed E-state index contributed by atoms with van der Waals surface area (Å²) in [5, 5.41) is 2.53. The highest BCUT2D eigenvalue weighted by Gasteiger charge is 2.05. The molecule has 2 nitrogen and oxygen atoms in total. The van der Waals surface area contributed by atoms with E-state index in [-0.39, 0.29) is 0 Å². The second-order valence-electron chi connectivity index (χ2n) is 4.65. The lowest BCUT2D eigenvalue weighted by Gasteiger charge is -2.00. The first kappa shape index (κ1) is 10.3. The van der Waals surface area contributed by atoms with Gasteiger partial charge in [0.1, 0.15) is 0 Å². The van der Waals surface area contributed by atoms with Crippen LogP contribution in [-0.2, 0) is 0 Å². The standard InChI is InChI=1S/C17H12N2/c1-2-7-16-13(5-1)14-9-8-12(11-17(14)19-16)15-6-3-4-10-18-15/h1-11,19H. The van der Waals surface area contributed by atoms with Crippen LogP contribution in [0.25, 0.3) is 33.1 Å². The van der Waals surface area contributed by atoms with Crippen LogP contribution in [0.1, 0.15) is 0 Å². The van der Waals surface area contributed by atoms with E-state index in [1.54, 1.807) is 0 Å². The highest BCUT2D eigenvalue weighted by Crippen LogP contribution is 2.28. The molecular formula is C17H12N2. The Balaban J connectivity index is 1.99. The van der Waals surface area contributed by atoms with Crippen molar-refractivity contribution in [2.75, 3.05) is 0 Å². The fourth-order valence-corrected chi connectivity index (χ4v) is 2.55. The topological polar surface area (TPSA) is 28.7 Å². The van der Waals surface area contributed by atoms with Gasteiger partial charge in [0.05, 0.1) is 5.69 Å². The van der Waals surface area contributed by atoms with Gasteiger partial charge in [0.25, 0.3) is 0 Å². The summed E-state index contributed by atoms with van der Waals surface area (Å²) in [5.74, 6) is 0. The monoisotopic (exact) mass is 244 g/mol. The van der Waals surface area contributed by atoms with Gasteiger partial charge in [-0.2, -0.15) is 0 Å². The third-order valence-corrected chi connectivity index (χ3v) is 3.47. The molecule has 2 heteroatoms. The molecule has 0 amide bonds. The van der Waals surface area contributed by atoms with Crippen LogP contribution in [0.4, 0.5) is 0 Å². The average Bonchev–Trinajstić information content (AvgIpc) is 2.86. The summed E-state index contributed by atoms with van der Waals surface area (Å²) in [6.45, 7) is 0. The molecule has 0 bridgehead atoms. The Morgan fingerprint density at radius 2 is 1.58 bits per heavy atom. The number of benzene rings is 2. The smallest absolute Gasteiger partial charge is 0.0702 e. The molecule has 4 rings (SSSR count). The van der Waals surface area contributed by atoms with Gasteiger partial charge in [-0.3, -0.25) is 4.98 Å². The molecule has 0 aliphatic carbocycles. The molecule has 90 valence electrons. The highest BCUT2D eigenvalue weighted by molar-refractivity contribution is 6.08. The summed E-state index contributed by atoms with van der Waals surface area (Å²) in [7, 11) is 0. The van der Waals surface area contributed by atoms with Gasteiger partial charge in [-0.15, -0.1) is 0 Å². The molecular weight excluding hydrogens is 232 g/mol. The number of para-hydroxylation sites is 1. The van der Waals surface area contributed by atoms with Crippen LogP contribution in [0.15, 0.2) is 66.9 Å². The third-order valence-electron chi connectivity index (χ3n) is 3.47. The van der Waals surface area contributed by atoms with Gasteiger partial charge in [0, 0.05) is 33.6 Å². The van der Waals surface area contributed by atoms with Crippen molar-refractivity contribution >= 4 is 21.8 Å². The minimum absolute atomic E-state index is 1.00. The normalized spacial score (nSPS) is 11.2. The Labute approximate surface area is 110 Å². The lowest BCUT2D eigenvalue weighted by Crippen LogP contribution is -1.81. The van der Waals surface area contributed by atoms with Crippen molar-refractivity contribution < 1.29 is 0 Å². The van der Waals surface area contributed by atoms with E-state index in [2.05, 4.69) is 52.4 Å². The van der Waals surface area contributed by atoms with Crippen molar-refractivity contribution in [2.45, 2.75) is 0 Å². The SMILES string of the molecule is c1ccc(-c2ccc3c(c2)[nH]c2ccccc23)nc1. The number of rotatable bonds is 1. The highest BCUT2D eigenvalue weighted by atomic mass is 14.7. The molecule has 0 atom stereocenters. The van der Waals surface area contributed by atoms with E-state index in [0.717, 1.165) is 16.8 Å². The van der Waals surface area contributed by atoms with E-state index >= 15 is 0 Å². The first-order valence-corrected chi connectivity index (χ1v) is 6.34. The van der Waals surface area contributed by atoms with Crippen molar-refractivity contribution in [1.82, 2.24) is 9.97 Å². The number of fused-ring (bicyclic) bond motifs is 3. The molecule has 0 spiro atoms. The van der Waals surface area contributed by atoms with E-state index in [0.29, 0.717) is 0 Å². The maximum absolute atomic E-state index is 4.40. The van der Waals surface area contributed by atoms with Crippen LogP contribution < -0.4 is 0 Å². The Morgan fingerprint density at radius 3 is 2.47 bits per heavy atom. The number of nitrogens with zero attached hydrogens (tertiary/aromatic N) is 1. The zero-order valence-corrected chi connectivity index (χ0v) is 10.3. The number of aromatic amines is 1. The Hall–Kier alpha value is -2.61. The molecule has 19 heavy (non-hydrogen) atoms. The Kier molecular flexibility index (Phi) is 2.15. The van der Waals surface area contributed by atoms with Crippen molar-refractivity contribution in [3.63, 3.8) is 0 Å². The third kappa shape index (κ3) is 1.61. The zero-order valence-electron chi connectivity index (χ0n) is 10.3. The molecule has 0 unspecified atom stereocenters. The number of pyridine rings is 1. The minimum atomic E-state index is 1.00. The summed E-state index contributed by atoms with van der Waals surface area (Å²) >= 11 is 0. The largest absolute Gasteiger partial charge is 0.354 e. The maximum atomic E-state index is 4.40. The molecule has 0 aliphatic rings. The molecule has 1 N–H and O–H groups in total. The molecule has 4 aromatic rings. The second kappa shape index (κ2) is 3.95. The van der Waals surface area contributed by atoms with Crippen LogP contribution in [0.3, 0.4) is 0 Å². The van der Waals surface area contributed by atoms with E-state index in [4.69, 9.17) is 0 Å². The Bertz CT molecular complexity index is 860. The lowest BCUT2D eigenvalue weighted by atomic mass is 10.1. The van der Waals surface area contributed by atoms with E-state index < -0.39 is 0 Å². The predicted octanol–water partition coefficient (Wildman–Crippen LogP) is 4.38. The van der Waals surface area contributed by atoms with E-state index in [1.807, 2.05) is 24.4 Å². The molecule has 2 heterocycles. The van der Waals surface area contributed by atoms with E-state index in [1.165, 1.54) is 16.3 Å². The summed E-state index contributed by atoms with van der Waals surface area (Å²) in [5.41, 5.74) is 4.47. The molecule has 0 saturated heterocycles. The first-order valence-electron chi connectivity index (χ1n) is 6.34. The van der Waals surface area contributed by atoms with Crippen LogP contribution in [0, 0.1) is 0 Å². The van der Waals surface area contributed by atoms with Crippen molar-refractivity contribution in [3.8, 4) is 11.3 Å². The quantitative estimate of drug-likeness (QED) is 0.528.